The Labute approximate surface area is 181 Å². The van der Waals surface area contributed by atoms with Crippen molar-refractivity contribution < 1.29 is 24.5 Å². The van der Waals surface area contributed by atoms with E-state index in [0.29, 0.717) is 16.1 Å². The molecule has 0 radical (unpaired) electrons. The fraction of sp³-hybridized carbons (Fsp3) is 0. The topological polar surface area (TPSA) is 102 Å². The van der Waals surface area contributed by atoms with Crippen LogP contribution in [0.4, 0.5) is 0 Å². The quantitative estimate of drug-likeness (QED) is 0.388. The Morgan fingerprint density at radius 3 is 2.10 bits per heavy atom. The van der Waals surface area contributed by atoms with E-state index in [4.69, 9.17) is 33.0 Å². The maximum atomic E-state index is 11.2. The smallest absolute Gasteiger partial charge is 0.335 e. The second-order valence-electron chi connectivity index (χ2n) is 6.53. The average Bonchev–Trinajstić information content (AvgIpc) is 3.18. The summed E-state index contributed by atoms with van der Waals surface area (Å²) in [5.41, 5.74) is 3.43. The summed E-state index contributed by atoms with van der Waals surface area (Å²) in [6.45, 7) is 0. The van der Waals surface area contributed by atoms with Crippen LogP contribution in [0, 0.1) is 12.5 Å². The molecule has 2 aliphatic rings. The van der Waals surface area contributed by atoms with Crippen LogP contribution < -0.4 is 4.74 Å². The summed E-state index contributed by atoms with van der Waals surface area (Å²) < 4.78 is 6.83. The lowest BCUT2D eigenvalue weighted by Crippen LogP contribution is -2.04. The van der Waals surface area contributed by atoms with E-state index < -0.39 is 11.9 Å². The van der Waals surface area contributed by atoms with Gasteiger partial charge in [0.15, 0.2) is 0 Å². The number of hydrogen-bond acceptors (Lipinski definition) is 4. The van der Waals surface area contributed by atoms with E-state index in [1.54, 1.807) is 18.2 Å². The van der Waals surface area contributed by atoms with Gasteiger partial charge in [-0.25, -0.2) is 14.2 Å². The van der Waals surface area contributed by atoms with Gasteiger partial charge in [0.1, 0.15) is 5.75 Å². The lowest BCUT2D eigenvalue weighted by Gasteiger charge is -2.07. The van der Waals surface area contributed by atoms with Crippen molar-refractivity contribution in [3.63, 3.8) is 0 Å². The molecule has 31 heavy (non-hydrogen) atoms. The summed E-state index contributed by atoms with van der Waals surface area (Å²) in [6.07, 6.45) is 5.48. The number of rotatable bonds is 4. The van der Waals surface area contributed by atoms with Gasteiger partial charge < -0.3 is 14.9 Å². The highest BCUT2D eigenvalue weighted by atomic mass is 35.5. The Hall–Kier alpha value is -4.28. The molecular weight excluding hydrogens is 420 g/mol. The highest BCUT2D eigenvalue weighted by Crippen LogP contribution is 2.32. The number of ether oxygens (including phenoxy) is 1. The molecule has 0 spiro atoms. The Bertz CT molecular complexity index is 1350. The van der Waals surface area contributed by atoms with Crippen LogP contribution in [0.2, 0.25) is 5.02 Å². The minimum atomic E-state index is -1.29. The van der Waals surface area contributed by atoms with E-state index in [9.17, 15) is 9.59 Å². The molecule has 0 fully saturated rings. The van der Waals surface area contributed by atoms with Gasteiger partial charge >= 0.3 is 17.9 Å². The van der Waals surface area contributed by atoms with Gasteiger partial charge in [0.25, 0.3) is 0 Å². The maximum Gasteiger partial charge on any atom is 0.335 e. The van der Waals surface area contributed by atoms with Crippen LogP contribution in [0.1, 0.15) is 20.7 Å². The first-order valence-corrected chi connectivity index (χ1v) is 9.28. The molecule has 8 heteroatoms. The molecule has 152 valence electrons. The normalized spacial score (nSPS) is 10.6. The molecule has 0 saturated carbocycles. The van der Waals surface area contributed by atoms with Crippen LogP contribution in [0.15, 0.2) is 60.7 Å². The van der Waals surface area contributed by atoms with Crippen molar-refractivity contribution in [2.75, 3.05) is 0 Å². The first-order valence-electron chi connectivity index (χ1n) is 8.90. The molecule has 0 bridgehead atoms. The number of carboxylic acid groups (broad SMARTS) is 2. The van der Waals surface area contributed by atoms with Gasteiger partial charge in [0.05, 0.1) is 22.2 Å². The molecule has 7 nitrogen and oxygen atoms in total. The SMILES string of the molecule is C#Cn1c(Oc2cc(C(=O)O)cc(C(=O)O)c2)nc2ccc(Cl)cc21.c1cc2cc-2c1. The van der Waals surface area contributed by atoms with Gasteiger partial charge in [0.2, 0.25) is 0 Å². The molecule has 1 aromatic heterocycles. The van der Waals surface area contributed by atoms with Gasteiger partial charge in [-0.3, -0.25) is 0 Å². The van der Waals surface area contributed by atoms with E-state index in [1.165, 1.54) is 27.8 Å². The second kappa shape index (κ2) is 7.86. The molecule has 1 heterocycles. The number of halogens is 1. The Balaban J connectivity index is 0.000000325. The zero-order valence-electron chi connectivity index (χ0n) is 15.7. The summed E-state index contributed by atoms with van der Waals surface area (Å²) >= 11 is 5.95. The minimum absolute atomic E-state index is 0.0151. The molecule has 3 aromatic rings. The van der Waals surface area contributed by atoms with Gasteiger partial charge in [0, 0.05) is 11.1 Å². The lowest BCUT2D eigenvalue weighted by molar-refractivity contribution is 0.0696. The number of aromatic carboxylic acids is 2. The third-order valence-electron chi connectivity index (χ3n) is 4.44. The standard InChI is InChI=1S/C17H9ClN2O5.C6H4/c1-2-20-14-8-11(18)3-4-13(14)19-17(20)25-12-6-9(15(21)22)5-10(7-12)16(23)24;1-2-5-4-6(5)3-1/h1,3-8H,(H,21,22)(H,23,24);1-4H. The number of imidazole rings is 1. The van der Waals surface area contributed by atoms with Crippen molar-refractivity contribution in [2.45, 2.75) is 0 Å². The minimum Gasteiger partial charge on any atom is -0.478 e. The predicted molar refractivity (Wildman–Crippen MR) is 115 cm³/mol. The van der Waals surface area contributed by atoms with Crippen LogP contribution in [0.3, 0.4) is 0 Å². The average molecular weight is 433 g/mol. The summed E-state index contributed by atoms with van der Waals surface area (Å²) in [7, 11) is 0. The fourth-order valence-electron chi connectivity index (χ4n) is 2.91. The van der Waals surface area contributed by atoms with Crippen molar-refractivity contribution in [1.29, 1.82) is 0 Å². The number of fused-ring (bicyclic) bond motifs is 2. The molecule has 0 saturated heterocycles. The molecule has 0 amide bonds. The van der Waals surface area contributed by atoms with E-state index in [2.05, 4.69) is 35.3 Å². The molecule has 2 aliphatic carbocycles. The maximum absolute atomic E-state index is 11.2. The van der Waals surface area contributed by atoms with E-state index in [-0.39, 0.29) is 22.9 Å². The fourth-order valence-corrected chi connectivity index (χ4v) is 3.07. The summed E-state index contributed by atoms with van der Waals surface area (Å²) in [4.78, 5) is 26.5. The number of carbonyl (C=O) groups is 2. The molecule has 0 aliphatic heterocycles. The number of aromatic nitrogens is 2. The van der Waals surface area contributed by atoms with Crippen molar-refractivity contribution in [1.82, 2.24) is 9.55 Å². The predicted octanol–water partition coefficient (Wildman–Crippen LogP) is 4.98. The lowest BCUT2D eigenvalue weighted by atomic mass is 10.1. The first-order chi connectivity index (χ1) is 14.9. The highest BCUT2D eigenvalue weighted by molar-refractivity contribution is 6.31. The van der Waals surface area contributed by atoms with Gasteiger partial charge in [-0.2, -0.15) is 4.98 Å². The number of terminal acetylenes is 1. The zero-order valence-corrected chi connectivity index (χ0v) is 16.5. The molecular formula is C23H13ClN2O5. The second-order valence-corrected chi connectivity index (χ2v) is 6.97. The summed E-state index contributed by atoms with van der Waals surface area (Å²) in [5.74, 6) is -2.59. The van der Waals surface area contributed by atoms with Crippen molar-refractivity contribution >= 4 is 34.6 Å². The van der Waals surface area contributed by atoms with Crippen LogP contribution in [-0.4, -0.2) is 31.7 Å². The zero-order chi connectivity index (χ0) is 22.1. The van der Waals surface area contributed by atoms with Crippen molar-refractivity contribution in [3.05, 3.63) is 76.8 Å². The highest BCUT2D eigenvalue weighted by Gasteiger charge is 2.16. The van der Waals surface area contributed by atoms with Crippen molar-refractivity contribution in [3.8, 4) is 35.4 Å². The number of nitrogens with zero attached hydrogens (tertiary/aromatic N) is 2. The molecule has 0 unspecified atom stereocenters. The van der Waals surface area contributed by atoms with Crippen LogP contribution in [0.25, 0.3) is 22.2 Å². The van der Waals surface area contributed by atoms with Gasteiger partial charge in [-0.15, -0.1) is 0 Å². The summed E-state index contributed by atoms with van der Waals surface area (Å²) in [6, 6.07) is 19.1. The number of hydrogen-bond donors (Lipinski definition) is 2. The number of carboxylic acids is 2. The van der Waals surface area contributed by atoms with E-state index in [0.717, 1.165) is 6.07 Å². The number of benzene rings is 3. The third kappa shape index (κ3) is 4.20. The van der Waals surface area contributed by atoms with E-state index >= 15 is 0 Å². The largest absolute Gasteiger partial charge is 0.478 e. The Morgan fingerprint density at radius 2 is 1.61 bits per heavy atom. The Kier molecular flexibility index (Phi) is 5.07. The van der Waals surface area contributed by atoms with Gasteiger partial charge in [-0.1, -0.05) is 36.2 Å². The third-order valence-corrected chi connectivity index (χ3v) is 4.67. The molecule has 2 N–H and O–H groups in total. The van der Waals surface area contributed by atoms with Crippen molar-refractivity contribution in [2.24, 2.45) is 0 Å². The Morgan fingerprint density at radius 1 is 0.968 bits per heavy atom. The first kappa shape index (κ1) is 20.0. The van der Waals surface area contributed by atoms with Crippen LogP contribution in [-0.2, 0) is 0 Å². The summed E-state index contributed by atoms with van der Waals surface area (Å²) in [5, 5.41) is 18.7. The van der Waals surface area contributed by atoms with Crippen LogP contribution in [0.5, 0.6) is 11.8 Å². The van der Waals surface area contributed by atoms with Gasteiger partial charge in [-0.05, 0) is 53.6 Å². The van der Waals surface area contributed by atoms with Crippen LogP contribution >= 0.6 is 11.6 Å². The molecule has 5 rings (SSSR count). The molecule has 2 aromatic carbocycles. The molecule has 0 atom stereocenters. The monoisotopic (exact) mass is 432 g/mol. The van der Waals surface area contributed by atoms with E-state index in [1.807, 2.05) is 0 Å².